The monoisotopic (exact) mass is 308 g/mol. The highest BCUT2D eigenvalue weighted by atomic mass is 14.8. The third-order valence-electron chi connectivity index (χ3n) is 3.38. The zero-order valence-corrected chi connectivity index (χ0v) is 13.2. The second-order valence-electron chi connectivity index (χ2n) is 5.13. The molecule has 24 heavy (non-hydrogen) atoms. The summed E-state index contributed by atoms with van der Waals surface area (Å²) in [5.41, 5.74) is 3.77. The first kappa shape index (κ1) is 15.5. The molecule has 0 unspecified atom stereocenters. The van der Waals surface area contributed by atoms with Crippen molar-refractivity contribution >= 4 is 17.4 Å². The first-order valence-electron chi connectivity index (χ1n) is 7.75. The van der Waals surface area contributed by atoms with E-state index in [4.69, 9.17) is 0 Å². The molecule has 0 spiro atoms. The summed E-state index contributed by atoms with van der Waals surface area (Å²) in [5, 5.41) is 0. The minimum atomic E-state index is 0.640. The van der Waals surface area contributed by atoms with E-state index < -0.39 is 0 Å². The molecule has 3 aromatic rings. The first-order valence-corrected chi connectivity index (χ1v) is 7.75. The predicted molar refractivity (Wildman–Crippen MR) is 99.1 cm³/mol. The van der Waals surface area contributed by atoms with E-state index in [0.29, 0.717) is 6.42 Å². The number of hydrogen-bond donors (Lipinski definition) is 0. The van der Waals surface area contributed by atoms with Gasteiger partial charge in [0.15, 0.2) is 0 Å². The Kier molecular flexibility index (Phi) is 5.35. The molecule has 0 N–H and O–H groups in total. The molecule has 3 rings (SSSR count). The van der Waals surface area contributed by atoms with Gasteiger partial charge in [-0.3, -0.25) is 0 Å². The number of benzene rings is 3. The van der Waals surface area contributed by atoms with Crippen molar-refractivity contribution in [3.8, 4) is 11.8 Å². The van der Waals surface area contributed by atoms with Gasteiger partial charge in [-0.25, -0.2) is 0 Å². The minimum Gasteiger partial charge on any atom is -0.188 e. The zero-order chi connectivity index (χ0) is 16.5. The summed E-state index contributed by atoms with van der Waals surface area (Å²) in [6.45, 7) is 0. The van der Waals surface area contributed by atoms with Crippen LogP contribution in [0.15, 0.2) is 94.9 Å². The summed E-state index contributed by atoms with van der Waals surface area (Å²) in [7, 11) is 0. The van der Waals surface area contributed by atoms with Gasteiger partial charge in [0.2, 0.25) is 0 Å². The third kappa shape index (κ3) is 4.55. The quantitative estimate of drug-likeness (QED) is 0.456. The lowest BCUT2D eigenvalue weighted by molar-refractivity contribution is 1.29. The molecule has 0 bridgehead atoms. The SMILES string of the molecule is C(=Nc1ccccc1)=Nc1ccccc1CC#Cc1ccccc1. The van der Waals surface area contributed by atoms with E-state index in [1.54, 1.807) is 0 Å². The van der Waals surface area contributed by atoms with Crippen LogP contribution >= 0.6 is 0 Å². The highest BCUT2D eigenvalue weighted by molar-refractivity contribution is 5.60. The van der Waals surface area contributed by atoms with Crippen molar-refractivity contribution in [2.75, 3.05) is 0 Å². The predicted octanol–water partition coefficient (Wildman–Crippen LogP) is 5.42. The van der Waals surface area contributed by atoms with Gasteiger partial charge < -0.3 is 0 Å². The fraction of sp³-hybridized carbons (Fsp3) is 0.0455. The van der Waals surface area contributed by atoms with E-state index in [1.165, 1.54) is 0 Å². The molecule has 0 amide bonds. The van der Waals surface area contributed by atoms with Gasteiger partial charge in [-0.05, 0) is 35.9 Å². The van der Waals surface area contributed by atoms with E-state index in [9.17, 15) is 0 Å². The van der Waals surface area contributed by atoms with Crippen LogP contribution in [0.3, 0.4) is 0 Å². The summed E-state index contributed by atoms with van der Waals surface area (Å²) >= 11 is 0. The van der Waals surface area contributed by atoms with Crippen LogP contribution in [0.5, 0.6) is 0 Å². The molecule has 2 nitrogen and oxygen atoms in total. The summed E-state index contributed by atoms with van der Waals surface area (Å²) < 4.78 is 0. The molecule has 0 aliphatic heterocycles. The Bertz CT molecular complexity index is 910. The van der Waals surface area contributed by atoms with Gasteiger partial charge in [0.05, 0.1) is 11.4 Å². The lowest BCUT2D eigenvalue weighted by Crippen LogP contribution is -1.82. The van der Waals surface area contributed by atoms with Crippen LogP contribution in [0, 0.1) is 11.8 Å². The van der Waals surface area contributed by atoms with E-state index in [2.05, 4.69) is 27.8 Å². The molecule has 114 valence electrons. The smallest absolute Gasteiger partial charge is 0.100 e. The van der Waals surface area contributed by atoms with Gasteiger partial charge in [-0.2, -0.15) is 9.98 Å². The maximum atomic E-state index is 4.34. The minimum absolute atomic E-state index is 0.640. The Labute approximate surface area is 142 Å². The van der Waals surface area contributed by atoms with E-state index in [0.717, 1.165) is 22.5 Å². The maximum absolute atomic E-state index is 4.34. The highest BCUT2D eigenvalue weighted by Gasteiger charge is 1.97. The van der Waals surface area contributed by atoms with Crippen molar-refractivity contribution in [3.05, 3.63) is 96.1 Å². The van der Waals surface area contributed by atoms with Gasteiger partial charge in [-0.1, -0.05) is 66.4 Å². The topological polar surface area (TPSA) is 24.7 Å². The summed E-state index contributed by atoms with van der Waals surface area (Å²) in [4.78, 5) is 8.56. The average Bonchev–Trinajstić information content (AvgIpc) is 2.65. The van der Waals surface area contributed by atoms with E-state index >= 15 is 0 Å². The molecule has 0 saturated heterocycles. The third-order valence-corrected chi connectivity index (χ3v) is 3.38. The maximum Gasteiger partial charge on any atom is 0.100 e. The van der Waals surface area contributed by atoms with Crippen LogP contribution in [0.1, 0.15) is 11.1 Å². The van der Waals surface area contributed by atoms with Crippen molar-refractivity contribution in [1.82, 2.24) is 0 Å². The number of nitrogens with zero attached hydrogens (tertiary/aromatic N) is 2. The largest absolute Gasteiger partial charge is 0.188 e. The molecule has 0 aliphatic rings. The van der Waals surface area contributed by atoms with Crippen molar-refractivity contribution in [1.29, 1.82) is 0 Å². The standard InChI is InChI=1S/C22H16N2/c1-3-10-19(11-4-1)12-9-14-20-13-7-8-17-22(20)24-18-23-21-15-5-2-6-16-21/h1-8,10-11,13,15-17H,14H2. The number of rotatable bonds is 3. The molecule has 3 aromatic carbocycles. The van der Waals surface area contributed by atoms with Gasteiger partial charge in [0.1, 0.15) is 6.01 Å². The Morgan fingerprint density at radius 3 is 2.12 bits per heavy atom. The normalized spacial score (nSPS) is 9.33. The summed E-state index contributed by atoms with van der Waals surface area (Å²) in [6, 6.07) is 30.3. The molecule has 0 saturated carbocycles. The Morgan fingerprint density at radius 2 is 1.33 bits per heavy atom. The highest BCUT2D eigenvalue weighted by Crippen LogP contribution is 2.18. The molecule has 0 fully saturated rings. The Morgan fingerprint density at radius 1 is 0.667 bits per heavy atom. The van der Waals surface area contributed by atoms with Crippen LogP contribution in [0.2, 0.25) is 0 Å². The second-order valence-corrected chi connectivity index (χ2v) is 5.13. The fourth-order valence-electron chi connectivity index (χ4n) is 2.17. The Hall–Kier alpha value is -3.40. The van der Waals surface area contributed by atoms with Crippen molar-refractivity contribution in [3.63, 3.8) is 0 Å². The molecule has 2 heteroatoms. The Balaban J connectivity index is 1.76. The van der Waals surface area contributed by atoms with E-state index in [1.807, 2.05) is 84.9 Å². The van der Waals surface area contributed by atoms with Crippen LogP contribution in [0.25, 0.3) is 0 Å². The lowest BCUT2D eigenvalue weighted by atomic mass is 10.1. The molecule has 0 aromatic heterocycles. The molecule has 0 aliphatic carbocycles. The van der Waals surface area contributed by atoms with Crippen LogP contribution in [0.4, 0.5) is 11.4 Å². The van der Waals surface area contributed by atoms with E-state index in [-0.39, 0.29) is 0 Å². The van der Waals surface area contributed by atoms with Crippen molar-refractivity contribution < 1.29 is 0 Å². The molecule has 0 radical (unpaired) electrons. The summed E-state index contributed by atoms with van der Waals surface area (Å²) in [5.74, 6) is 6.36. The van der Waals surface area contributed by atoms with Gasteiger partial charge in [0, 0.05) is 12.0 Å². The molecule has 0 heterocycles. The molecular formula is C22H16N2. The van der Waals surface area contributed by atoms with Gasteiger partial charge in [-0.15, -0.1) is 0 Å². The van der Waals surface area contributed by atoms with Crippen molar-refractivity contribution in [2.24, 2.45) is 9.98 Å². The fourth-order valence-corrected chi connectivity index (χ4v) is 2.17. The average molecular weight is 308 g/mol. The van der Waals surface area contributed by atoms with Crippen LogP contribution in [-0.4, -0.2) is 6.01 Å². The van der Waals surface area contributed by atoms with Gasteiger partial charge >= 0.3 is 0 Å². The lowest BCUT2D eigenvalue weighted by Gasteiger charge is -1.98. The molecular weight excluding hydrogens is 292 g/mol. The zero-order valence-electron chi connectivity index (χ0n) is 13.2. The van der Waals surface area contributed by atoms with Gasteiger partial charge in [0.25, 0.3) is 0 Å². The number of aliphatic imine (C=N–C) groups is 2. The van der Waals surface area contributed by atoms with Crippen LogP contribution < -0.4 is 0 Å². The number of para-hydroxylation sites is 2. The first-order chi connectivity index (χ1) is 11.9. The van der Waals surface area contributed by atoms with Crippen LogP contribution in [-0.2, 0) is 6.42 Å². The van der Waals surface area contributed by atoms with Crippen molar-refractivity contribution in [2.45, 2.75) is 6.42 Å². The second kappa shape index (κ2) is 8.29. The number of hydrogen-bond acceptors (Lipinski definition) is 2. The summed E-state index contributed by atoms with van der Waals surface area (Å²) in [6.07, 6.45) is 0.640. The molecule has 0 atom stereocenters.